The first-order chi connectivity index (χ1) is 11.2. The van der Waals surface area contributed by atoms with E-state index in [9.17, 15) is 9.18 Å². The standard InChI is InChI=1S/C18H16FN3O/c19-13-7-5-12(6-8-13)9-10-22-11-20-16-14-3-1-2-4-15(14)21-17(16)18(22)23/h1-8,11,14-15,21H,9-10H2. The highest BCUT2D eigenvalue weighted by Gasteiger charge is 2.33. The van der Waals surface area contributed by atoms with Crippen LogP contribution in [0.2, 0.25) is 0 Å². The van der Waals surface area contributed by atoms with Gasteiger partial charge in [0, 0.05) is 12.5 Å². The highest BCUT2D eigenvalue weighted by Crippen LogP contribution is 2.35. The molecule has 4 rings (SSSR count). The number of allylic oxidation sites excluding steroid dienone is 2. The van der Waals surface area contributed by atoms with Crippen molar-refractivity contribution in [2.45, 2.75) is 24.9 Å². The van der Waals surface area contributed by atoms with Gasteiger partial charge in [-0.3, -0.25) is 9.36 Å². The van der Waals surface area contributed by atoms with Crippen LogP contribution in [0.5, 0.6) is 0 Å². The molecule has 0 spiro atoms. The van der Waals surface area contributed by atoms with E-state index in [1.807, 2.05) is 12.2 Å². The van der Waals surface area contributed by atoms with Crippen LogP contribution in [0.4, 0.5) is 10.1 Å². The maximum absolute atomic E-state index is 12.9. The predicted octanol–water partition coefficient (Wildman–Crippen LogP) is 2.63. The van der Waals surface area contributed by atoms with E-state index in [1.165, 1.54) is 12.1 Å². The fraction of sp³-hybridized carbons (Fsp3) is 0.222. The SMILES string of the molecule is O=c1c2c(ncn1CCc1ccc(F)cc1)C1C=CC=CC1N2. The minimum Gasteiger partial charge on any atom is -0.372 e. The molecule has 0 amide bonds. The number of aromatic nitrogens is 2. The fourth-order valence-corrected chi connectivity index (χ4v) is 3.12. The van der Waals surface area contributed by atoms with E-state index >= 15 is 0 Å². The molecule has 0 radical (unpaired) electrons. The number of nitrogens with zero attached hydrogens (tertiary/aromatic N) is 2. The summed E-state index contributed by atoms with van der Waals surface area (Å²) in [6.45, 7) is 0.521. The molecule has 4 nitrogen and oxygen atoms in total. The van der Waals surface area contributed by atoms with E-state index in [4.69, 9.17) is 0 Å². The lowest BCUT2D eigenvalue weighted by Gasteiger charge is -2.14. The van der Waals surface area contributed by atoms with Gasteiger partial charge in [0.05, 0.1) is 18.1 Å². The third-order valence-electron chi connectivity index (χ3n) is 4.38. The highest BCUT2D eigenvalue weighted by molar-refractivity contribution is 5.59. The second-order valence-corrected chi connectivity index (χ2v) is 5.85. The molecule has 0 fully saturated rings. The summed E-state index contributed by atoms with van der Waals surface area (Å²) < 4.78 is 14.5. The number of halogens is 1. The van der Waals surface area contributed by atoms with E-state index < -0.39 is 0 Å². The molecule has 2 aromatic rings. The number of hydrogen-bond acceptors (Lipinski definition) is 3. The Morgan fingerprint density at radius 3 is 2.78 bits per heavy atom. The average molecular weight is 309 g/mol. The summed E-state index contributed by atoms with van der Waals surface area (Å²) in [7, 11) is 0. The van der Waals surface area contributed by atoms with E-state index in [-0.39, 0.29) is 23.3 Å². The van der Waals surface area contributed by atoms with Crippen LogP contribution in [0.3, 0.4) is 0 Å². The van der Waals surface area contributed by atoms with Crippen LogP contribution in [0.1, 0.15) is 17.2 Å². The molecule has 23 heavy (non-hydrogen) atoms. The molecule has 2 atom stereocenters. The number of fused-ring (bicyclic) bond motifs is 3. The third kappa shape index (κ3) is 2.48. The normalized spacial score (nSPS) is 20.9. The van der Waals surface area contributed by atoms with Crippen LogP contribution in [0, 0.1) is 5.82 Å². The smallest absolute Gasteiger partial charge is 0.277 e. The number of nitrogens with one attached hydrogen (secondary N) is 1. The molecule has 1 aliphatic heterocycles. The summed E-state index contributed by atoms with van der Waals surface area (Å²) in [6.07, 6.45) is 10.4. The highest BCUT2D eigenvalue weighted by atomic mass is 19.1. The summed E-state index contributed by atoms with van der Waals surface area (Å²) >= 11 is 0. The van der Waals surface area contributed by atoms with Crippen molar-refractivity contribution < 1.29 is 4.39 Å². The van der Waals surface area contributed by atoms with Crippen molar-refractivity contribution in [2.24, 2.45) is 0 Å². The Labute approximate surface area is 133 Å². The summed E-state index contributed by atoms with van der Waals surface area (Å²) in [5.74, 6) is -0.118. The van der Waals surface area contributed by atoms with Crippen LogP contribution < -0.4 is 10.9 Å². The molecule has 0 saturated heterocycles. The second-order valence-electron chi connectivity index (χ2n) is 5.85. The topological polar surface area (TPSA) is 46.9 Å². The quantitative estimate of drug-likeness (QED) is 0.948. The monoisotopic (exact) mass is 309 g/mol. The summed E-state index contributed by atoms with van der Waals surface area (Å²) in [5, 5.41) is 3.27. The number of anilines is 1. The van der Waals surface area contributed by atoms with Gasteiger partial charge in [-0.1, -0.05) is 36.4 Å². The Morgan fingerprint density at radius 2 is 1.96 bits per heavy atom. The zero-order chi connectivity index (χ0) is 15.8. The Bertz CT molecular complexity index is 852. The first kappa shape index (κ1) is 13.9. The molecule has 0 saturated carbocycles. The van der Waals surface area contributed by atoms with Crippen molar-refractivity contribution in [1.82, 2.24) is 9.55 Å². The molecule has 5 heteroatoms. The number of hydrogen-bond donors (Lipinski definition) is 1. The molecule has 1 aromatic heterocycles. The molecule has 116 valence electrons. The molecular weight excluding hydrogens is 293 g/mol. The van der Waals surface area contributed by atoms with Crippen LogP contribution in [0.15, 0.2) is 59.7 Å². The lowest BCUT2D eigenvalue weighted by molar-refractivity contribution is 0.623. The summed E-state index contributed by atoms with van der Waals surface area (Å²) in [6, 6.07) is 6.46. The zero-order valence-corrected chi connectivity index (χ0v) is 12.4. The molecule has 1 aliphatic carbocycles. The van der Waals surface area contributed by atoms with Gasteiger partial charge in [0.25, 0.3) is 5.56 Å². The second kappa shape index (κ2) is 5.50. The lowest BCUT2D eigenvalue weighted by atomic mass is 9.95. The van der Waals surface area contributed by atoms with Gasteiger partial charge in [0.1, 0.15) is 11.5 Å². The van der Waals surface area contributed by atoms with Gasteiger partial charge >= 0.3 is 0 Å². The average Bonchev–Trinajstić information content (AvgIpc) is 2.95. The van der Waals surface area contributed by atoms with Gasteiger partial charge in [-0.2, -0.15) is 0 Å². The van der Waals surface area contributed by atoms with Gasteiger partial charge in [-0.15, -0.1) is 0 Å². The first-order valence-corrected chi connectivity index (χ1v) is 7.68. The lowest BCUT2D eigenvalue weighted by Crippen LogP contribution is -2.24. The van der Waals surface area contributed by atoms with E-state index in [2.05, 4.69) is 22.5 Å². The van der Waals surface area contributed by atoms with Gasteiger partial charge < -0.3 is 5.32 Å². The maximum Gasteiger partial charge on any atom is 0.277 e. The van der Waals surface area contributed by atoms with Crippen LogP contribution in [0.25, 0.3) is 0 Å². The van der Waals surface area contributed by atoms with Crippen molar-refractivity contribution in [3.05, 3.63) is 82.3 Å². The van der Waals surface area contributed by atoms with E-state index in [0.29, 0.717) is 18.7 Å². The number of aryl methyl sites for hydroxylation is 2. The zero-order valence-electron chi connectivity index (χ0n) is 12.4. The molecule has 2 aliphatic rings. The molecule has 1 aromatic carbocycles. The largest absolute Gasteiger partial charge is 0.372 e. The van der Waals surface area contributed by atoms with Gasteiger partial charge in [-0.25, -0.2) is 9.37 Å². The molecule has 1 N–H and O–H groups in total. The predicted molar refractivity (Wildman–Crippen MR) is 87.0 cm³/mol. The third-order valence-corrected chi connectivity index (χ3v) is 4.38. The van der Waals surface area contributed by atoms with E-state index in [0.717, 1.165) is 11.3 Å². The molecule has 0 bridgehead atoms. The van der Waals surface area contributed by atoms with E-state index in [1.54, 1.807) is 23.0 Å². The van der Waals surface area contributed by atoms with Crippen molar-refractivity contribution in [3.63, 3.8) is 0 Å². The summed E-state index contributed by atoms with van der Waals surface area (Å²) in [5.41, 5.74) is 2.36. The Hall–Kier alpha value is -2.69. The Kier molecular flexibility index (Phi) is 3.33. The van der Waals surface area contributed by atoms with Crippen molar-refractivity contribution in [2.75, 3.05) is 5.32 Å². The fourth-order valence-electron chi connectivity index (χ4n) is 3.12. The maximum atomic E-state index is 12.9. The number of rotatable bonds is 3. The van der Waals surface area contributed by atoms with Crippen LogP contribution >= 0.6 is 0 Å². The minimum absolute atomic E-state index is 0.0479. The number of benzene rings is 1. The van der Waals surface area contributed by atoms with Crippen molar-refractivity contribution >= 4 is 5.69 Å². The molecule has 2 heterocycles. The van der Waals surface area contributed by atoms with Crippen LogP contribution in [-0.4, -0.2) is 15.6 Å². The van der Waals surface area contributed by atoms with Gasteiger partial charge in [0.15, 0.2) is 0 Å². The van der Waals surface area contributed by atoms with Crippen molar-refractivity contribution in [3.8, 4) is 0 Å². The Balaban J connectivity index is 1.58. The first-order valence-electron chi connectivity index (χ1n) is 7.68. The molecular formula is C18H16FN3O. The van der Waals surface area contributed by atoms with Crippen LogP contribution in [-0.2, 0) is 13.0 Å². The molecule has 2 unspecified atom stereocenters. The van der Waals surface area contributed by atoms with Crippen molar-refractivity contribution in [1.29, 1.82) is 0 Å². The van der Waals surface area contributed by atoms with Gasteiger partial charge in [-0.05, 0) is 24.1 Å². The minimum atomic E-state index is -0.252. The Morgan fingerprint density at radius 1 is 1.17 bits per heavy atom. The summed E-state index contributed by atoms with van der Waals surface area (Å²) in [4.78, 5) is 17.1. The van der Waals surface area contributed by atoms with Gasteiger partial charge in [0.2, 0.25) is 0 Å².